The van der Waals surface area contributed by atoms with E-state index in [1.807, 2.05) is 52.0 Å². The molecule has 0 aliphatic carbocycles. The number of alkyl halides is 3. The zero-order chi connectivity index (χ0) is 25.0. The number of aromatic nitrogens is 4. The van der Waals surface area contributed by atoms with Gasteiger partial charge in [-0.1, -0.05) is 18.2 Å². The number of pyridine rings is 1. The molecule has 2 N–H and O–H groups in total. The molecule has 0 bridgehead atoms. The molecule has 1 atom stereocenters. The zero-order valence-electron chi connectivity index (χ0n) is 18.1. The number of nitrogens with zero attached hydrogens (tertiary/aromatic N) is 4. The van der Waals surface area contributed by atoms with Crippen LogP contribution in [0.5, 0.6) is 5.75 Å². The Kier molecular flexibility index (Phi) is 6.71. The van der Waals surface area contributed by atoms with E-state index in [0.717, 1.165) is 16.6 Å². The van der Waals surface area contributed by atoms with E-state index in [4.69, 9.17) is 14.6 Å². The van der Waals surface area contributed by atoms with Crippen LogP contribution in [0.1, 0.15) is 22.1 Å². The van der Waals surface area contributed by atoms with Gasteiger partial charge in [-0.05, 0) is 24.3 Å². The summed E-state index contributed by atoms with van der Waals surface area (Å²) in [6.07, 6.45) is 1.87. The minimum absolute atomic E-state index is 0.0104. The molecule has 0 saturated heterocycles. The third kappa shape index (κ3) is 5.42. The van der Waals surface area contributed by atoms with Gasteiger partial charge in [0.05, 0.1) is 24.0 Å². The number of aliphatic carboxylic acids is 1. The monoisotopic (exact) mass is 487 g/mol. The molecule has 0 spiro atoms. The Morgan fingerprint density at radius 3 is 2.63 bits per heavy atom. The standard InChI is InChI=1S/C21H19N5O2.C2HF3O2/c27-21(19-11-23-20-6-2-1-5-18(19)20)25-12-15-7-9-24-26(15)16(13-25)14-28-17-4-3-8-22-10-17;3-2(4,5)1(6)7/h1-11,16,23H,12-14H2;(H,6,7). The van der Waals surface area contributed by atoms with Gasteiger partial charge in [0, 0.05) is 36.0 Å². The highest BCUT2D eigenvalue weighted by atomic mass is 19.4. The Bertz CT molecular complexity index is 1320. The molecule has 4 aromatic rings. The molecule has 0 saturated carbocycles. The second kappa shape index (κ2) is 9.87. The van der Waals surface area contributed by atoms with Gasteiger partial charge in [-0.2, -0.15) is 18.3 Å². The van der Waals surface area contributed by atoms with Crippen LogP contribution in [0.3, 0.4) is 0 Å². The van der Waals surface area contributed by atoms with E-state index in [9.17, 15) is 18.0 Å². The van der Waals surface area contributed by atoms with E-state index < -0.39 is 12.1 Å². The van der Waals surface area contributed by atoms with E-state index in [0.29, 0.717) is 31.0 Å². The third-order valence-corrected chi connectivity index (χ3v) is 5.31. The van der Waals surface area contributed by atoms with Crippen LogP contribution in [0.25, 0.3) is 10.9 Å². The average Bonchev–Trinajstić information content (AvgIpc) is 3.49. The average molecular weight is 487 g/mol. The van der Waals surface area contributed by atoms with Crippen LogP contribution in [0, 0.1) is 0 Å². The summed E-state index contributed by atoms with van der Waals surface area (Å²) < 4.78 is 39.6. The van der Waals surface area contributed by atoms with Crippen molar-refractivity contribution in [2.24, 2.45) is 0 Å². The fourth-order valence-corrected chi connectivity index (χ4v) is 3.71. The van der Waals surface area contributed by atoms with Crippen molar-refractivity contribution in [3.8, 4) is 5.75 Å². The maximum atomic E-state index is 13.3. The SMILES string of the molecule is O=C(O)C(F)(F)F.O=C(c1c[nH]c2ccccc12)N1Cc2ccnn2C(COc2cccnc2)C1. The lowest BCUT2D eigenvalue weighted by Gasteiger charge is -2.33. The number of para-hydroxylation sites is 1. The van der Waals surface area contributed by atoms with Crippen LogP contribution in [-0.4, -0.2) is 61.0 Å². The largest absolute Gasteiger partial charge is 0.490 e. The van der Waals surface area contributed by atoms with Crippen LogP contribution >= 0.6 is 0 Å². The van der Waals surface area contributed by atoms with Crippen molar-refractivity contribution >= 4 is 22.8 Å². The highest BCUT2D eigenvalue weighted by Gasteiger charge is 2.38. The number of rotatable bonds is 4. The summed E-state index contributed by atoms with van der Waals surface area (Å²) >= 11 is 0. The highest BCUT2D eigenvalue weighted by molar-refractivity contribution is 6.06. The summed E-state index contributed by atoms with van der Waals surface area (Å²) in [7, 11) is 0. The van der Waals surface area contributed by atoms with Crippen LogP contribution < -0.4 is 4.74 Å². The lowest BCUT2D eigenvalue weighted by Crippen LogP contribution is -2.43. The number of hydrogen-bond acceptors (Lipinski definition) is 5. The molecule has 0 fully saturated rings. The number of nitrogens with one attached hydrogen (secondary N) is 1. The van der Waals surface area contributed by atoms with Gasteiger partial charge in [-0.25, -0.2) is 4.79 Å². The number of amides is 1. The molecule has 3 aromatic heterocycles. The van der Waals surface area contributed by atoms with Crippen molar-refractivity contribution < 1.29 is 32.6 Å². The molecule has 1 aliphatic rings. The molecule has 9 nitrogen and oxygen atoms in total. The molecule has 182 valence electrons. The topological polar surface area (TPSA) is 113 Å². The van der Waals surface area contributed by atoms with E-state index in [1.165, 1.54) is 0 Å². The summed E-state index contributed by atoms with van der Waals surface area (Å²) in [5.41, 5.74) is 2.65. The number of carboxylic acids is 1. The van der Waals surface area contributed by atoms with Gasteiger partial charge in [-0.3, -0.25) is 14.5 Å². The molecule has 1 aromatic carbocycles. The first-order valence-corrected chi connectivity index (χ1v) is 10.4. The Balaban J connectivity index is 0.000000364. The van der Waals surface area contributed by atoms with E-state index in [2.05, 4.69) is 15.1 Å². The molecular weight excluding hydrogens is 467 g/mol. The summed E-state index contributed by atoms with van der Waals surface area (Å²) in [4.78, 5) is 31.3. The molecule has 35 heavy (non-hydrogen) atoms. The number of hydrogen-bond donors (Lipinski definition) is 2. The summed E-state index contributed by atoms with van der Waals surface area (Å²) in [6.45, 7) is 1.48. The van der Waals surface area contributed by atoms with Crippen LogP contribution in [0.2, 0.25) is 0 Å². The van der Waals surface area contributed by atoms with E-state index >= 15 is 0 Å². The molecule has 1 amide bonds. The van der Waals surface area contributed by atoms with Gasteiger partial charge in [0.15, 0.2) is 0 Å². The summed E-state index contributed by atoms with van der Waals surface area (Å²) in [5.74, 6) is -2.04. The number of carbonyl (C=O) groups is 2. The molecule has 5 rings (SSSR count). The number of aromatic amines is 1. The fraction of sp³-hybridized carbons (Fsp3) is 0.217. The molecule has 1 unspecified atom stereocenters. The molecule has 4 heterocycles. The number of H-pyrrole nitrogens is 1. The van der Waals surface area contributed by atoms with E-state index in [-0.39, 0.29) is 11.9 Å². The first-order valence-electron chi connectivity index (χ1n) is 10.4. The Labute approximate surface area is 196 Å². The number of benzene rings is 1. The normalized spacial score (nSPS) is 15.2. The molecule has 1 aliphatic heterocycles. The lowest BCUT2D eigenvalue weighted by atomic mass is 10.1. The van der Waals surface area contributed by atoms with Crippen molar-refractivity contribution in [3.63, 3.8) is 0 Å². The number of carboxylic acid groups (broad SMARTS) is 1. The second-order valence-corrected chi connectivity index (χ2v) is 7.66. The van der Waals surface area contributed by atoms with Crippen molar-refractivity contribution in [2.45, 2.75) is 18.8 Å². The van der Waals surface area contributed by atoms with E-state index in [1.54, 1.807) is 24.8 Å². The maximum absolute atomic E-state index is 13.3. The predicted octanol–water partition coefficient (Wildman–Crippen LogP) is 3.67. The maximum Gasteiger partial charge on any atom is 0.490 e. The van der Waals surface area contributed by atoms with Crippen molar-refractivity contribution in [3.05, 3.63) is 78.5 Å². The van der Waals surface area contributed by atoms with Gasteiger partial charge in [-0.15, -0.1) is 0 Å². The summed E-state index contributed by atoms with van der Waals surface area (Å²) in [5, 5.41) is 12.5. The minimum atomic E-state index is -5.08. The second-order valence-electron chi connectivity index (χ2n) is 7.66. The fourth-order valence-electron chi connectivity index (χ4n) is 3.71. The Morgan fingerprint density at radius 2 is 1.91 bits per heavy atom. The number of carbonyl (C=O) groups excluding carboxylic acids is 1. The first-order chi connectivity index (χ1) is 16.7. The van der Waals surface area contributed by atoms with Crippen molar-refractivity contribution in [1.29, 1.82) is 0 Å². The zero-order valence-corrected chi connectivity index (χ0v) is 18.1. The van der Waals surface area contributed by atoms with Crippen LogP contribution in [0.4, 0.5) is 13.2 Å². The van der Waals surface area contributed by atoms with Gasteiger partial charge >= 0.3 is 12.1 Å². The minimum Gasteiger partial charge on any atom is -0.490 e. The van der Waals surface area contributed by atoms with Gasteiger partial charge < -0.3 is 19.7 Å². The van der Waals surface area contributed by atoms with Gasteiger partial charge in [0.1, 0.15) is 18.4 Å². The highest BCUT2D eigenvalue weighted by Crippen LogP contribution is 2.26. The van der Waals surface area contributed by atoms with Gasteiger partial charge in [0.2, 0.25) is 0 Å². The molecule has 0 radical (unpaired) electrons. The first kappa shape index (κ1) is 23.8. The number of ether oxygens (including phenoxy) is 1. The smallest absolute Gasteiger partial charge is 0.490 e. The summed E-state index contributed by atoms with van der Waals surface area (Å²) in [6, 6.07) is 13.4. The predicted molar refractivity (Wildman–Crippen MR) is 118 cm³/mol. The molecular formula is C23H20F3N5O4. The quantitative estimate of drug-likeness (QED) is 0.454. The lowest BCUT2D eigenvalue weighted by molar-refractivity contribution is -0.192. The number of halogens is 3. The Morgan fingerprint density at radius 1 is 1.14 bits per heavy atom. The number of fused-ring (bicyclic) bond motifs is 2. The third-order valence-electron chi connectivity index (χ3n) is 5.31. The Hall–Kier alpha value is -4.35. The van der Waals surface area contributed by atoms with Crippen LogP contribution in [0.15, 0.2) is 67.3 Å². The molecule has 12 heteroatoms. The van der Waals surface area contributed by atoms with Crippen molar-refractivity contribution in [1.82, 2.24) is 24.6 Å². The van der Waals surface area contributed by atoms with Crippen molar-refractivity contribution in [2.75, 3.05) is 13.2 Å². The van der Waals surface area contributed by atoms with Crippen LogP contribution in [-0.2, 0) is 11.3 Å². The van der Waals surface area contributed by atoms with Gasteiger partial charge in [0.25, 0.3) is 5.91 Å².